The first-order chi connectivity index (χ1) is 7.07. The number of hydrogen-bond donors (Lipinski definition) is 0. The van der Waals surface area contributed by atoms with Gasteiger partial charge in [0.15, 0.2) is 0 Å². The topological polar surface area (TPSA) is 201 Å². The van der Waals surface area contributed by atoms with Gasteiger partial charge in [-0.25, -0.2) is 0 Å². The van der Waals surface area contributed by atoms with Gasteiger partial charge in [-0.3, -0.25) is 0 Å². The Morgan fingerprint density at radius 1 is 0.438 bits per heavy atom. The first-order valence-electron chi connectivity index (χ1n) is 2.36. The van der Waals surface area contributed by atoms with Crippen molar-refractivity contribution in [3.05, 3.63) is 0 Å². The second-order valence-electron chi connectivity index (χ2n) is 0.481. The maximum atomic E-state index is 8.46. The predicted molar refractivity (Wildman–Crippen MR) is 32.2 cm³/mol. The van der Waals surface area contributed by atoms with E-state index in [1.807, 2.05) is 0 Å². The fourth-order valence-electron chi connectivity index (χ4n) is 0. The Kier molecular flexibility index (Phi) is 218. The van der Waals surface area contributed by atoms with Crippen LogP contribution in [0.25, 0.3) is 0 Å². The van der Waals surface area contributed by atoms with Crippen LogP contribution < -0.4 is 20.8 Å². The number of rotatable bonds is 0. The van der Waals surface area contributed by atoms with Crippen LogP contribution in [0.5, 0.6) is 0 Å². The van der Waals surface area contributed by atoms with Gasteiger partial charge in [0.2, 0.25) is 0 Å². The molecule has 0 spiro atoms. The Morgan fingerprint density at radius 3 is 0.438 bits per heavy atom. The summed E-state index contributed by atoms with van der Waals surface area (Å²) in [5.74, 6) is 0. The zero-order chi connectivity index (χ0) is 13.5. The maximum Gasteiger partial charge on any atom is 0 e. The van der Waals surface area contributed by atoms with Crippen molar-refractivity contribution in [2.45, 2.75) is 0 Å². The van der Waals surface area contributed by atoms with Crippen LogP contribution in [-0.4, -0.2) is 77.4 Å². The molecule has 0 aromatic carbocycles. The molecule has 0 amide bonds. The summed E-state index contributed by atoms with van der Waals surface area (Å²) in [4.78, 5) is 0. The molecule has 0 saturated heterocycles. The van der Waals surface area contributed by atoms with E-state index in [0.29, 0.717) is 0 Å². The second kappa shape index (κ2) is 96.8. The Bertz CT molecular complexity index is 91.5. The molecule has 0 heterocycles. The van der Waals surface area contributed by atoms with Crippen LogP contribution in [0.2, 0.25) is 0 Å². The smallest absolute Gasteiger partial charge is 0 e. The summed E-state index contributed by atoms with van der Waals surface area (Å²) >= 11 is -8.75. The Hall–Kier alpha value is 1.25. The Morgan fingerprint density at radius 2 is 0.438 bits per heavy atom. The van der Waals surface area contributed by atoms with Crippen molar-refractivity contribution in [3.63, 3.8) is 0 Å². The van der Waals surface area contributed by atoms with Crippen LogP contribution in [-0.2, 0) is 37.6 Å². The minimum Gasteiger partial charge on any atom is 0 e. The summed E-state index contributed by atoms with van der Waals surface area (Å²) in [5.41, 5.74) is 0. The molecule has 0 aliphatic heterocycles. The molecule has 0 aliphatic rings. The summed E-state index contributed by atoms with van der Waals surface area (Å²) in [7, 11) is 0. The van der Waals surface area contributed by atoms with Crippen molar-refractivity contribution >= 4 is 77.4 Å². The normalized spacial score (nSPS) is 2.50. The molecule has 10 nitrogen and oxygen atoms in total. The van der Waals surface area contributed by atoms with Crippen molar-refractivity contribution in [1.82, 2.24) is 0 Å². The molecule has 1 radical (unpaired) electrons. The van der Waals surface area contributed by atoms with E-state index in [0.717, 1.165) is 0 Å². The van der Waals surface area contributed by atoms with Crippen molar-refractivity contribution in [2.75, 3.05) is 0 Å². The summed E-state index contributed by atoms with van der Waals surface area (Å²) in [6.45, 7) is 0. The van der Waals surface area contributed by atoms with Crippen molar-refractivity contribution in [1.29, 1.82) is 0 Å². The molecular weight excluding hydrogens is 346 g/mol. The third-order valence-electron chi connectivity index (χ3n) is 0. The molecule has 16 heteroatoms. The van der Waals surface area contributed by atoms with Gasteiger partial charge in [0, 0.05) is 18.6 Å². The van der Waals surface area contributed by atoms with Crippen molar-refractivity contribution < 1.29 is 58.4 Å². The monoisotopic (exact) mass is 346 g/mol. The van der Waals surface area contributed by atoms with E-state index in [9.17, 15) is 0 Å². The molecule has 85 valence electrons. The van der Waals surface area contributed by atoms with E-state index in [1.165, 1.54) is 0 Å². The van der Waals surface area contributed by atoms with Gasteiger partial charge in [-0.15, -0.1) is 0 Å². The fraction of sp³-hybridized carbons (Fsp3) is 0. The Balaban J connectivity index is -0.0000000192. The summed E-state index contributed by atoms with van der Waals surface area (Å²) in [5, 5.41) is 0. The first kappa shape index (κ1) is 36.0. The van der Waals surface area contributed by atoms with Crippen LogP contribution in [0.15, 0.2) is 0 Å². The molecular formula is Al5O10V-5. The van der Waals surface area contributed by atoms with E-state index in [1.54, 1.807) is 0 Å². The molecule has 0 aromatic heterocycles. The Labute approximate surface area is 134 Å². The summed E-state index contributed by atoms with van der Waals surface area (Å²) in [6, 6.07) is 0. The van der Waals surface area contributed by atoms with E-state index < -0.39 is 77.4 Å². The predicted octanol–water partition coefficient (Wildman–Crippen LogP) is -8.45. The first-order valence-corrected chi connectivity index (χ1v) is 7.07. The second-order valence-corrected chi connectivity index (χ2v) is 1.44. The van der Waals surface area contributed by atoms with Gasteiger partial charge in [-0.1, -0.05) is 0 Å². The average molecular weight is 346 g/mol. The van der Waals surface area contributed by atoms with Gasteiger partial charge in [-0.05, 0) is 0 Å². The number of hydrogen-bond acceptors (Lipinski definition) is 10. The standard InChI is InChI=1S/5Al.10O.V/q;;;;;;;;;;5*-1;. The summed E-state index contributed by atoms with van der Waals surface area (Å²) in [6.07, 6.45) is 0. The van der Waals surface area contributed by atoms with Gasteiger partial charge < -0.3 is 0 Å². The van der Waals surface area contributed by atoms with E-state index >= 15 is 0 Å². The van der Waals surface area contributed by atoms with Crippen molar-refractivity contribution in [2.24, 2.45) is 0 Å². The molecule has 0 aromatic rings. The van der Waals surface area contributed by atoms with E-state index in [-0.39, 0.29) is 18.6 Å². The molecule has 0 N–H and O–H groups in total. The third-order valence-corrected chi connectivity index (χ3v) is 0. The molecule has 0 fully saturated rings. The van der Waals surface area contributed by atoms with Gasteiger partial charge in [0.05, 0.1) is 0 Å². The van der Waals surface area contributed by atoms with Crippen LogP contribution >= 0.6 is 0 Å². The van der Waals surface area contributed by atoms with Gasteiger partial charge in [-0.2, -0.15) is 0 Å². The van der Waals surface area contributed by atoms with Crippen LogP contribution in [0, 0.1) is 0 Å². The maximum absolute atomic E-state index is 8.46. The average Bonchev–Trinajstić information content (AvgIpc) is 2.09. The zero-order valence-corrected chi connectivity index (χ0v) is 14.6. The fourth-order valence-corrected chi connectivity index (χ4v) is 0. The minimum absolute atomic E-state index is 0. The largest absolute Gasteiger partial charge is 0 e. The van der Waals surface area contributed by atoms with Gasteiger partial charge >= 0.3 is 117 Å². The molecule has 0 atom stereocenters. The molecule has 0 saturated carbocycles. The molecule has 0 aliphatic carbocycles. The van der Waals surface area contributed by atoms with Gasteiger partial charge in [0.1, 0.15) is 0 Å². The van der Waals surface area contributed by atoms with Crippen LogP contribution in [0.3, 0.4) is 0 Å². The molecule has 16 heavy (non-hydrogen) atoms. The summed E-state index contributed by atoms with van der Waals surface area (Å²) < 4.78 is 84.6. The quantitative estimate of drug-likeness (QED) is 0.379. The van der Waals surface area contributed by atoms with Crippen LogP contribution in [0.1, 0.15) is 0 Å². The van der Waals surface area contributed by atoms with Gasteiger partial charge in [0.25, 0.3) is 0 Å². The van der Waals surface area contributed by atoms with Crippen LogP contribution in [0.4, 0.5) is 0 Å². The van der Waals surface area contributed by atoms with E-state index in [4.69, 9.17) is 39.8 Å². The van der Waals surface area contributed by atoms with E-state index in [2.05, 4.69) is 0 Å². The van der Waals surface area contributed by atoms with Crippen molar-refractivity contribution in [3.8, 4) is 0 Å². The minimum atomic E-state index is -1.75. The zero-order valence-electron chi connectivity index (χ0n) is 7.42. The molecule has 0 unspecified atom stereocenters. The SMILES string of the molecule is [O]=[Al][O-].[O]=[Al][O-].[O]=[Al][O-].[O]=[Al][O-].[O]=[Al][O-].[V]. The molecule has 0 rings (SSSR count). The molecule has 0 bridgehead atoms. The third kappa shape index (κ3) is 1990.